The lowest BCUT2D eigenvalue weighted by Gasteiger charge is -2.12. The standard InChI is InChI=1S/C23H25N5O/c1-4-14(3)25-23(29)19-20-22(27-18-12-7-6-11-17(18)26-20)28(21(19)24)16-10-8-9-15(5-2)13-16/h6-14H,4-5,24H2,1-3H3,(H,25,29)/t14-/m0/s1. The van der Waals surface area contributed by atoms with Crippen molar-refractivity contribution in [3.8, 4) is 5.69 Å². The van der Waals surface area contributed by atoms with Crippen LogP contribution in [0.1, 0.15) is 43.1 Å². The van der Waals surface area contributed by atoms with E-state index in [2.05, 4.69) is 24.4 Å². The summed E-state index contributed by atoms with van der Waals surface area (Å²) in [6.45, 7) is 6.11. The van der Waals surface area contributed by atoms with Crippen molar-refractivity contribution in [1.82, 2.24) is 19.9 Å². The summed E-state index contributed by atoms with van der Waals surface area (Å²) >= 11 is 0. The molecular weight excluding hydrogens is 362 g/mol. The minimum Gasteiger partial charge on any atom is -0.384 e. The summed E-state index contributed by atoms with van der Waals surface area (Å²) in [5, 5.41) is 3.01. The van der Waals surface area contributed by atoms with Gasteiger partial charge in [0.25, 0.3) is 5.91 Å². The second-order valence-corrected chi connectivity index (χ2v) is 7.29. The molecule has 2 heterocycles. The number of hydrogen-bond donors (Lipinski definition) is 2. The van der Waals surface area contributed by atoms with E-state index in [1.54, 1.807) is 0 Å². The smallest absolute Gasteiger partial charge is 0.257 e. The molecule has 6 nitrogen and oxygen atoms in total. The molecule has 0 fully saturated rings. The number of nitrogens with zero attached hydrogens (tertiary/aromatic N) is 3. The lowest BCUT2D eigenvalue weighted by Crippen LogP contribution is -2.32. The van der Waals surface area contributed by atoms with Crippen LogP contribution in [-0.4, -0.2) is 26.5 Å². The van der Waals surface area contributed by atoms with E-state index in [9.17, 15) is 4.79 Å². The van der Waals surface area contributed by atoms with E-state index in [0.717, 1.165) is 29.6 Å². The van der Waals surface area contributed by atoms with Crippen molar-refractivity contribution in [3.63, 3.8) is 0 Å². The number of hydrogen-bond acceptors (Lipinski definition) is 4. The molecule has 0 aliphatic heterocycles. The van der Waals surface area contributed by atoms with Gasteiger partial charge in [0.1, 0.15) is 16.9 Å². The quantitative estimate of drug-likeness (QED) is 0.536. The van der Waals surface area contributed by atoms with E-state index in [1.165, 1.54) is 5.56 Å². The van der Waals surface area contributed by atoms with Crippen molar-refractivity contribution in [2.24, 2.45) is 0 Å². The summed E-state index contributed by atoms with van der Waals surface area (Å²) in [7, 11) is 0. The third-order valence-corrected chi connectivity index (χ3v) is 5.29. The number of nitrogens with one attached hydrogen (secondary N) is 1. The minimum absolute atomic E-state index is 0.0390. The highest BCUT2D eigenvalue weighted by Gasteiger charge is 2.25. The molecule has 0 aliphatic carbocycles. The Balaban J connectivity index is 2.02. The van der Waals surface area contributed by atoms with Crippen molar-refractivity contribution in [3.05, 3.63) is 59.7 Å². The summed E-state index contributed by atoms with van der Waals surface area (Å²) in [4.78, 5) is 22.7. The van der Waals surface area contributed by atoms with E-state index in [4.69, 9.17) is 15.7 Å². The van der Waals surface area contributed by atoms with E-state index >= 15 is 0 Å². The molecule has 1 amide bonds. The van der Waals surface area contributed by atoms with Crippen LogP contribution in [0.2, 0.25) is 0 Å². The maximum absolute atomic E-state index is 13.1. The lowest BCUT2D eigenvalue weighted by atomic mass is 10.1. The lowest BCUT2D eigenvalue weighted by molar-refractivity contribution is 0.0941. The fourth-order valence-electron chi connectivity index (χ4n) is 3.46. The normalized spacial score (nSPS) is 12.4. The molecule has 2 aromatic heterocycles. The Morgan fingerprint density at radius 2 is 1.83 bits per heavy atom. The summed E-state index contributed by atoms with van der Waals surface area (Å²) < 4.78 is 1.83. The molecule has 148 valence electrons. The molecule has 0 spiro atoms. The average molecular weight is 387 g/mol. The number of aromatic nitrogens is 3. The Kier molecular flexibility index (Phi) is 4.92. The second kappa shape index (κ2) is 7.54. The molecule has 2 aromatic carbocycles. The number of nitrogens with two attached hydrogens (primary N) is 1. The third-order valence-electron chi connectivity index (χ3n) is 5.29. The van der Waals surface area contributed by atoms with Crippen LogP contribution in [0.15, 0.2) is 48.5 Å². The summed E-state index contributed by atoms with van der Waals surface area (Å²) in [6.07, 6.45) is 1.74. The molecule has 3 N–H and O–H groups in total. The van der Waals surface area contributed by atoms with E-state index in [0.29, 0.717) is 22.5 Å². The van der Waals surface area contributed by atoms with E-state index in [-0.39, 0.29) is 11.9 Å². The first-order chi connectivity index (χ1) is 14.0. The first-order valence-corrected chi connectivity index (χ1v) is 10.00. The van der Waals surface area contributed by atoms with Crippen LogP contribution >= 0.6 is 0 Å². The number of amides is 1. The van der Waals surface area contributed by atoms with Crippen molar-refractivity contribution >= 4 is 33.9 Å². The highest BCUT2D eigenvalue weighted by atomic mass is 16.1. The summed E-state index contributed by atoms with van der Waals surface area (Å²) in [6, 6.07) is 15.8. The van der Waals surface area contributed by atoms with Gasteiger partial charge in [-0.1, -0.05) is 38.1 Å². The molecule has 0 aliphatic rings. The Morgan fingerprint density at radius 3 is 2.52 bits per heavy atom. The van der Waals surface area contributed by atoms with Gasteiger partial charge in [-0.15, -0.1) is 0 Å². The summed E-state index contributed by atoms with van der Waals surface area (Å²) in [5.41, 5.74) is 11.6. The van der Waals surface area contributed by atoms with Crippen LogP contribution in [0, 0.1) is 0 Å². The van der Waals surface area contributed by atoms with Crippen LogP contribution in [-0.2, 0) is 6.42 Å². The molecule has 29 heavy (non-hydrogen) atoms. The third kappa shape index (κ3) is 3.31. The fraction of sp³-hybridized carbons (Fsp3) is 0.261. The number of nitrogen functional groups attached to an aromatic ring is 1. The van der Waals surface area contributed by atoms with Gasteiger partial charge >= 0.3 is 0 Å². The van der Waals surface area contributed by atoms with Gasteiger partial charge in [-0.2, -0.15) is 0 Å². The van der Waals surface area contributed by atoms with E-state index in [1.807, 2.05) is 54.8 Å². The van der Waals surface area contributed by atoms with Crippen LogP contribution in [0.5, 0.6) is 0 Å². The predicted molar refractivity (Wildman–Crippen MR) is 117 cm³/mol. The monoisotopic (exact) mass is 387 g/mol. The Bertz CT molecular complexity index is 1210. The Labute approximate surface area is 169 Å². The first kappa shape index (κ1) is 18.9. The average Bonchev–Trinajstić information content (AvgIpc) is 3.02. The maximum Gasteiger partial charge on any atom is 0.257 e. The topological polar surface area (TPSA) is 85.8 Å². The van der Waals surface area contributed by atoms with Gasteiger partial charge in [-0.3, -0.25) is 9.36 Å². The van der Waals surface area contributed by atoms with Gasteiger partial charge < -0.3 is 11.1 Å². The maximum atomic E-state index is 13.1. The SMILES string of the molecule is CCc1cccc(-n2c(N)c(C(=O)N[C@@H](C)CC)c3nc4ccccc4nc32)c1. The molecule has 0 radical (unpaired) electrons. The zero-order chi connectivity index (χ0) is 20.5. The van der Waals surface area contributed by atoms with E-state index < -0.39 is 0 Å². The molecule has 0 unspecified atom stereocenters. The van der Waals surface area contributed by atoms with Crippen LogP contribution < -0.4 is 11.1 Å². The zero-order valence-corrected chi connectivity index (χ0v) is 16.9. The molecule has 6 heteroatoms. The number of carbonyl (C=O) groups is 1. The number of para-hydroxylation sites is 2. The van der Waals surface area contributed by atoms with Gasteiger partial charge in [0.15, 0.2) is 5.65 Å². The van der Waals surface area contributed by atoms with Crippen LogP contribution in [0.25, 0.3) is 27.9 Å². The predicted octanol–water partition coefficient (Wildman–Crippen LogP) is 4.25. The second-order valence-electron chi connectivity index (χ2n) is 7.29. The number of rotatable bonds is 5. The number of fused-ring (bicyclic) bond motifs is 2. The molecular formula is C23H25N5O. The van der Waals surface area contributed by atoms with Crippen molar-refractivity contribution in [2.45, 2.75) is 39.7 Å². The van der Waals surface area contributed by atoms with Gasteiger partial charge in [0.05, 0.1) is 11.0 Å². The molecule has 4 aromatic rings. The fourth-order valence-corrected chi connectivity index (χ4v) is 3.46. The zero-order valence-electron chi connectivity index (χ0n) is 16.9. The molecule has 4 rings (SSSR count). The number of aryl methyl sites for hydroxylation is 1. The van der Waals surface area contributed by atoms with Crippen LogP contribution in [0.4, 0.5) is 5.82 Å². The number of anilines is 1. The van der Waals surface area contributed by atoms with Gasteiger partial charge in [-0.05, 0) is 49.6 Å². The minimum atomic E-state index is -0.225. The van der Waals surface area contributed by atoms with Crippen molar-refractivity contribution in [2.75, 3.05) is 5.73 Å². The van der Waals surface area contributed by atoms with Gasteiger partial charge in [0.2, 0.25) is 0 Å². The largest absolute Gasteiger partial charge is 0.384 e. The Morgan fingerprint density at radius 1 is 1.10 bits per heavy atom. The number of carbonyl (C=O) groups excluding carboxylic acids is 1. The highest BCUT2D eigenvalue weighted by Crippen LogP contribution is 2.31. The first-order valence-electron chi connectivity index (χ1n) is 10.00. The van der Waals surface area contributed by atoms with Crippen molar-refractivity contribution in [1.29, 1.82) is 0 Å². The molecule has 0 saturated carbocycles. The molecule has 0 bridgehead atoms. The highest BCUT2D eigenvalue weighted by molar-refractivity contribution is 6.11. The Hall–Kier alpha value is -3.41. The summed E-state index contributed by atoms with van der Waals surface area (Å²) in [5.74, 6) is 0.126. The van der Waals surface area contributed by atoms with Gasteiger partial charge in [-0.25, -0.2) is 9.97 Å². The molecule has 1 atom stereocenters. The molecule has 0 saturated heterocycles. The van der Waals surface area contributed by atoms with Crippen LogP contribution in [0.3, 0.4) is 0 Å². The van der Waals surface area contributed by atoms with Crippen molar-refractivity contribution < 1.29 is 4.79 Å². The number of benzene rings is 2. The van der Waals surface area contributed by atoms with Gasteiger partial charge in [0, 0.05) is 11.7 Å².